The van der Waals surface area contributed by atoms with Crippen LogP contribution in [-0.4, -0.2) is 20.5 Å². The van der Waals surface area contributed by atoms with Gasteiger partial charge >= 0.3 is 5.69 Å². The van der Waals surface area contributed by atoms with E-state index in [1.54, 1.807) is 0 Å². The van der Waals surface area contributed by atoms with E-state index in [1.807, 2.05) is 0 Å². The molecular formula is C7H7N3O3. The van der Waals surface area contributed by atoms with Gasteiger partial charge in [0.25, 0.3) is 0 Å². The van der Waals surface area contributed by atoms with Crippen molar-refractivity contribution in [1.82, 2.24) is 9.78 Å². The minimum absolute atomic E-state index is 0.149. The first-order valence-corrected chi connectivity index (χ1v) is 3.93. The Morgan fingerprint density at radius 1 is 1.62 bits per heavy atom. The van der Waals surface area contributed by atoms with Gasteiger partial charge in [-0.05, 0) is 6.42 Å². The zero-order valence-corrected chi connectivity index (χ0v) is 6.77. The van der Waals surface area contributed by atoms with Crippen LogP contribution in [0.15, 0.2) is 6.20 Å². The van der Waals surface area contributed by atoms with Gasteiger partial charge < -0.3 is 0 Å². The van der Waals surface area contributed by atoms with Gasteiger partial charge in [0.15, 0.2) is 11.5 Å². The molecule has 1 aromatic heterocycles. The van der Waals surface area contributed by atoms with Crippen molar-refractivity contribution in [1.29, 1.82) is 0 Å². The van der Waals surface area contributed by atoms with E-state index in [2.05, 4.69) is 5.10 Å². The lowest BCUT2D eigenvalue weighted by atomic mass is 10.1. The summed E-state index contributed by atoms with van der Waals surface area (Å²) in [4.78, 5) is 21.2. The van der Waals surface area contributed by atoms with E-state index in [0.29, 0.717) is 19.4 Å². The van der Waals surface area contributed by atoms with Gasteiger partial charge in [-0.3, -0.25) is 19.6 Å². The number of fused-ring (bicyclic) bond motifs is 1. The van der Waals surface area contributed by atoms with Gasteiger partial charge in [0, 0.05) is 13.0 Å². The highest BCUT2D eigenvalue weighted by molar-refractivity contribution is 5.98. The second-order valence-corrected chi connectivity index (χ2v) is 2.89. The van der Waals surface area contributed by atoms with Crippen LogP contribution in [0.2, 0.25) is 0 Å². The summed E-state index contributed by atoms with van der Waals surface area (Å²) >= 11 is 0. The first kappa shape index (κ1) is 7.90. The highest BCUT2D eigenvalue weighted by Gasteiger charge is 2.28. The van der Waals surface area contributed by atoms with E-state index in [4.69, 9.17) is 0 Å². The fourth-order valence-electron chi connectivity index (χ4n) is 1.47. The Bertz CT molecular complexity index is 382. The van der Waals surface area contributed by atoms with E-state index in [0.717, 1.165) is 6.20 Å². The van der Waals surface area contributed by atoms with Crippen LogP contribution < -0.4 is 0 Å². The van der Waals surface area contributed by atoms with E-state index < -0.39 is 4.92 Å². The highest BCUT2D eigenvalue weighted by atomic mass is 16.6. The average Bonchev–Trinajstić information content (AvgIpc) is 2.49. The third kappa shape index (κ3) is 1.10. The number of rotatable bonds is 1. The molecule has 0 bridgehead atoms. The third-order valence-corrected chi connectivity index (χ3v) is 2.05. The molecule has 0 radical (unpaired) electrons. The Labute approximate surface area is 73.3 Å². The number of nitrogens with zero attached hydrogens (tertiary/aromatic N) is 3. The van der Waals surface area contributed by atoms with E-state index in [9.17, 15) is 14.9 Å². The van der Waals surface area contributed by atoms with Crippen molar-refractivity contribution >= 4 is 11.5 Å². The lowest BCUT2D eigenvalue weighted by molar-refractivity contribution is -0.385. The Morgan fingerprint density at radius 3 is 3.08 bits per heavy atom. The number of aromatic nitrogens is 2. The van der Waals surface area contributed by atoms with E-state index in [1.165, 1.54) is 4.68 Å². The molecule has 1 aromatic rings. The Morgan fingerprint density at radius 2 is 2.38 bits per heavy atom. The second kappa shape index (κ2) is 2.65. The highest BCUT2D eigenvalue weighted by Crippen LogP contribution is 2.23. The standard InChI is InChI=1S/C7H7N3O3/c11-6-2-1-3-9-7(6)5(4-8-9)10(12)13/h4H,1-3H2. The minimum atomic E-state index is -0.567. The summed E-state index contributed by atoms with van der Waals surface area (Å²) in [6.07, 6.45) is 2.23. The molecule has 68 valence electrons. The molecule has 0 N–H and O–H groups in total. The van der Waals surface area contributed by atoms with Crippen LogP contribution in [0.4, 0.5) is 5.69 Å². The van der Waals surface area contributed by atoms with E-state index in [-0.39, 0.29) is 17.2 Å². The lowest BCUT2D eigenvalue weighted by Gasteiger charge is -2.10. The van der Waals surface area contributed by atoms with Crippen LogP contribution in [0.1, 0.15) is 23.3 Å². The molecule has 2 rings (SSSR count). The molecule has 1 aliphatic heterocycles. The monoisotopic (exact) mass is 181 g/mol. The van der Waals surface area contributed by atoms with Gasteiger partial charge in [-0.25, -0.2) is 0 Å². The van der Waals surface area contributed by atoms with Crippen molar-refractivity contribution in [3.8, 4) is 0 Å². The summed E-state index contributed by atoms with van der Waals surface area (Å²) in [7, 11) is 0. The number of carbonyl (C=O) groups is 1. The van der Waals surface area contributed by atoms with Gasteiger partial charge in [0.05, 0.1) is 4.92 Å². The minimum Gasteiger partial charge on any atom is -0.292 e. The molecule has 0 spiro atoms. The molecule has 0 atom stereocenters. The topological polar surface area (TPSA) is 78.0 Å². The maximum atomic E-state index is 11.3. The van der Waals surface area contributed by atoms with Gasteiger partial charge in [-0.1, -0.05) is 0 Å². The molecule has 0 aliphatic carbocycles. The number of nitro groups is 1. The maximum Gasteiger partial charge on any atom is 0.317 e. The number of ketones is 1. The normalized spacial score (nSPS) is 15.5. The van der Waals surface area contributed by atoms with Crippen molar-refractivity contribution < 1.29 is 9.72 Å². The fraction of sp³-hybridized carbons (Fsp3) is 0.429. The first-order valence-electron chi connectivity index (χ1n) is 3.93. The molecule has 6 nitrogen and oxygen atoms in total. The third-order valence-electron chi connectivity index (χ3n) is 2.05. The Balaban J connectivity index is 2.56. The van der Waals surface area contributed by atoms with Crippen LogP contribution in [0, 0.1) is 10.1 Å². The van der Waals surface area contributed by atoms with Crippen LogP contribution in [0.25, 0.3) is 0 Å². The zero-order chi connectivity index (χ0) is 9.42. The van der Waals surface area contributed by atoms with Gasteiger partial charge in [0.1, 0.15) is 6.20 Å². The number of aryl methyl sites for hydroxylation is 1. The molecule has 0 saturated heterocycles. The second-order valence-electron chi connectivity index (χ2n) is 2.89. The fourth-order valence-corrected chi connectivity index (χ4v) is 1.47. The zero-order valence-electron chi connectivity index (χ0n) is 6.77. The molecule has 6 heteroatoms. The van der Waals surface area contributed by atoms with Crippen LogP contribution in [0.3, 0.4) is 0 Å². The van der Waals surface area contributed by atoms with Crippen LogP contribution in [-0.2, 0) is 6.54 Å². The number of hydrogen-bond donors (Lipinski definition) is 0. The maximum absolute atomic E-state index is 11.3. The SMILES string of the molecule is O=C1CCCn2ncc([N+](=O)[O-])c21. The first-order chi connectivity index (χ1) is 6.20. The molecule has 1 aliphatic rings. The lowest BCUT2D eigenvalue weighted by Crippen LogP contribution is -2.18. The molecular weight excluding hydrogens is 174 g/mol. The van der Waals surface area contributed by atoms with Crippen molar-refractivity contribution in [3.63, 3.8) is 0 Å². The predicted molar refractivity (Wildman–Crippen MR) is 42.4 cm³/mol. The van der Waals surface area contributed by atoms with Crippen molar-refractivity contribution in [3.05, 3.63) is 22.0 Å². The van der Waals surface area contributed by atoms with Crippen molar-refractivity contribution in [2.45, 2.75) is 19.4 Å². The summed E-state index contributed by atoms with van der Waals surface area (Å²) in [6, 6.07) is 0. The molecule has 0 amide bonds. The molecule has 0 saturated carbocycles. The van der Waals surface area contributed by atoms with Crippen LogP contribution >= 0.6 is 0 Å². The Kier molecular flexibility index (Phi) is 1.61. The van der Waals surface area contributed by atoms with E-state index >= 15 is 0 Å². The summed E-state index contributed by atoms with van der Waals surface area (Å²) in [5.41, 5.74) is -0.0269. The summed E-state index contributed by atoms with van der Waals surface area (Å²) < 4.78 is 1.41. The quantitative estimate of drug-likeness (QED) is 0.473. The Hall–Kier alpha value is -1.72. The summed E-state index contributed by atoms with van der Waals surface area (Å²) in [5, 5.41) is 14.3. The molecule has 2 heterocycles. The smallest absolute Gasteiger partial charge is 0.292 e. The largest absolute Gasteiger partial charge is 0.317 e. The molecule has 13 heavy (non-hydrogen) atoms. The van der Waals surface area contributed by atoms with Gasteiger partial charge in [-0.15, -0.1) is 0 Å². The van der Waals surface area contributed by atoms with Gasteiger partial charge in [-0.2, -0.15) is 5.10 Å². The average molecular weight is 181 g/mol. The molecule has 0 aromatic carbocycles. The van der Waals surface area contributed by atoms with Gasteiger partial charge in [0.2, 0.25) is 0 Å². The summed E-state index contributed by atoms with van der Waals surface area (Å²) in [6.45, 7) is 0.592. The number of Topliss-reactive ketones (excluding diaryl/α,β-unsaturated/α-hetero) is 1. The molecule has 0 fully saturated rings. The van der Waals surface area contributed by atoms with Crippen LogP contribution in [0.5, 0.6) is 0 Å². The number of carbonyl (C=O) groups excluding carboxylic acids is 1. The summed E-state index contributed by atoms with van der Waals surface area (Å²) in [5.74, 6) is -0.185. The van der Waals surface area contributed by atoms with Crippen molar-refractivity contribution in [2.24, 2.45) is 0 Å². The number of hydrogen-bond acceptors (Lipinski definition) is 4. The molecule has 0 unspecified atom stereocenters. The predicted octanol–water partition coefficient (Wildman–Crippen LogP) is 0.768. The van der Waals surface area contributed by atoms with Crippen molar-refractivity contribution in [2.75, 3.05) is 0 Å².